The zero-order valence-corrected chi connectivity index (χ0v) is 19.0. The molecule has 0 aromatic carbocycles. The molecule has 0 bridgehead atoms. The molecule has 1 aliphatic rings. The van der Waals surface area contributed by atoms with Crippen molar-refractivity contribution in [2.45, 2.75) is 36.7 Å². The number of aromatic nitrogens is 5. The van der Waals surface area contributed by atoms with Crippen molar-refractivity contribution in [1.82, 2.24) is 29.9 Å². The van der Waals surface area contributed by atoms with E-state index in [9.17, 15) is 39.9 Å². The van der Waals surface area contributed by atoms with Crippen molar-refractivity contribution in [1.29, 1.82) is 5.26 Å². The Labute approximate surface area is 204 Å². The van der Waals surface area contributed by atoms with Crippen LogP contribution in [0.15, 0.2) is 12.4 Å². The van der Waals surface area contributed by atoms with Gasteiger partial charge < -0.3 is 5.32 Å². The fourth-order valence-electron chi connectivity index (χ4n) is 3.17. The molecule has 36 heavy (non-hydrogen) atoms. The number of amides is 1. The Bertz CT molecular complexity index is 1390. The summed E-state index contributed by atoms with van der Waals surface area (Å²) in [4.78, 5) is 16.4. The van der Waals surface area contributed by atoms with Crippen LogP contribution in [0.3, 0.4) is 0 Å². The third-order valence-electron chi connectivity index (χ3n) is 5.12. The number of aryl methyl sites for hydroxylation is 1. The molecule has 1 amide bonds. The lowest BCUT2D eigenvalue weighted by molar-refractivity contribution is -0.292. The molecule has 192 valence electrons. The molecule has 3 aromatic heterocycles. The Morgan fingerprint density at radius 1 is 1.22 bits per heavy atom. The van der Waals surface area contributed by atoms with Crippen molar-refractivity contribution in [3.8, 4) is 22.5 Å². The number of nitrogens with one attached hydrogen (secondary N) is 1. The SMILES string of the molecule is Cn1nc(C(F)(F)C(F)(F)F)c(C(F)(F)F)c1-n1cc(-c2nc(C(=O)NC3(C#N)CC3)c(Cl)s2)cn1. The smallest absolute Gasteiger partial charge is 0.332 e. The predicted octanol–water partition coefficient (Wildman–Crippen LogP) is 4.84. The molecule has 1 N–H and O–H groups in total. The third kappa shape index (κ3) is 4.28. The van der Waals surface area contributed by atoms with E-state index in [0.717, 1.165) is 30.8 Å². The number of hydrogen-bond donors (Lipinski definition) is 1. The van der Waals surface area contributed by atoms with E-state index in [0.29, 0.717) is 17.5 Å². The normalized spacial score (nSPS) is 15.6. The number of thiazole rings is 1. The fourth-order valence-corrected chi connectivity index (χ4v) is 4.29. The molecule has 18 heteroatoms. The molecule has 0 spiro atoms. The van der Waals surface area contributed by atoms with Gasteiger partial charge in [0.2, 0.25) is 0 Å². The van der Waals surface area contributed by atoms with Gasteiger partial charge in [0, 0.05) is 18.8 Å². The van der Waals surface area contributed by atoms with Crippen LogP contribution in [-0.4, -0.2) is 42.2 Å². The highest BCUT2D eigenvalue weighted by Crippen LogP contribution is 2.49. The maximum Gasteiger partial charge on any atom is 0.459 e. The quantitative estimate of drug-likeness (QED) is 0.451. The summed E-state index contributed by atoms with van der Waals surface area (Å²) in [6, 6.07) is 1.94. The summed E-state index contributed by atoms with van der Waals surface area (Å²) in [5.41, 5.74) is -6.18. The highest BCUT2D eigenvalue weighted by atomic mass is 35.5. The second-order valence-electron chi connectivity index (χ2n) is 7.70. The summed E-state index contributed by atoms with van der Waals surface area (Å²) in [6.07, 6.45) is -9.32. The van der Waals surface area contributed by atoms with Crippen LogP contribution in [0.25, 0.3) is 16.4 Å². The number of rotatable bonds is 5. The van der Waals surface area contributed by atoms with E-state index in [4.69, 9.17) is 16.9 Å². The van der Waals surface area contributed by atoms with E-state index in [1.54, 1.807) is 0 Å². The van der Waals surface area contributed by atoms with Gasteiger partial charge in [0.25, 0.3) is 5.91 Å². The Morgan fingerprint density at radius 3 is 2.39 bits per heavy atom. The highest BCUT2D eigenvalue weighted by Gasteiger charge is 2.64. The zero-order chi connectivity index (χ0) is 26.8. The first-order valence-electron chi connectivity index (χ1n) is 9.55. The first-order valence-corrected chi connectivity index (χ1v) is 10.7. The van der Waals surface area contributed by atoms with Crippen LogP contribution >= 0.6 is 22.9 Å². The lowest BCUT2D eigenvalue weighted by Gasteiger charge is -2.19. The van der Waals surface area contributed by atoms with E-state index in [1.165, 1.54) is 0 Å². The number of nitrogens with zero attached hydrogens (tertiary/aromatic N) is 6. The predicted molar refractivity (Wildman–Crippen MR) is 106 cm³/mol. The molecular weight excluding hydrogens is 550 g/mol. The van der Waals surface area contributed by atoms with Crippen LogP contribution in [0, 0.1) is 11.3 Å². The summed E-state index contributed by atoms with van der Waals surface area (Å²) in [7, 11) is 0.744. The van der Waals surface area contributed by atoms with Crippen LogP contribution in [0.4, 0.5) is 35.1 Å². The van der Waals surface area contributed by atoms with E-state index < -0.39 is 46.8 Å². The average Bonchev–Trinajstić information content (AvgIpc) is 3.08. The lowest BCUT2D eigenvalue weighted by Crippen LogP contribution is -2.36. The summed E-state index contributed by atoms with van der Waals surface area (Å²) in [5.74, 6) is -7.88. The second-order valence-corrected chi connectivity index (χ2v) is 9.30. The van der Waals surface area contributed by atoms with Gasteiger partial charge in [-0.15, -0.1) is 11.3 Å². The minimum Gasteiger partial charge on any atom is -0.332 e. The molecule has 0 unspecified atom stereocenters. The van der Waals surface area contributed by atoms with Crippen LogP contribution < -0.4 is 5.32 Å². The molecular formula is C18H10ClF8N7OS. The Balaban J connectivity index is 1.74. The standard InChI is InChI=1S/C18H10ClF8N7OS/c1-33-14(8(17(22,23)24)10(32-33)16(20,21)18(25,26)27)34-5-7(4-29-34)13-30-9(11(19)36-13)12(35)31-15(6-28)2-3-15/h4-5H,2-3H2,1H3,(H,31,35). The van der Waals surface area contributed by atoms with Crippen LogP contribution in [0.2, 0.25) is 4.34 Å². The molecule has 0 aliphatic heterocycles. The summed E-state index contributed by atoms with van der Waals surface area (Å²) >= 11 is 6.77. The van der Waals surface area contributed by atoms with Gasteiger partial charge in [-0.05, 0) is 12.8 Å². The van der Waals surface area contributed by atoms with Crippen molar-refractivity contribution >= 4 is 28.8 Å². The molecule has 4 rings (SSSR count). The highest BCUT2D eigenvalue weighted by molar-refractivity contribution is 7.19. The third-order valence-corrected chi connectivity index (χ3v) is 6.42. The summed E-state index contributed by atoms with van der Waals surface area (Å²) in [5, 5.41) is 18.0. The van der Waals surface area contributed by atoms with Gasteiger partial charge in [-0.3, -0.25) is 4.79 Å². The van der Waals surface area contributed by atoms with Crippen molar-refractivity contribution in [3.63, 3.8) is 0 Å². The topological polar surface area (TPSA) is 101 Å². The first kappa shape index (κ1) is 25.8. The van der Waals surface area contributed by atoms with Gasteiger partial charge >= 0.3 is 18.3 Å². The molecule has 0 saturated heterocycles. The molecule has 1 saturated carbocycles. The van der Waals surface area contributed by atoms with Gasteiger partial charge in [0.1, 0.15) is 20.4 Å². The minimum absolute atomic E-state index is 0.0187. The molecule has 1 fully saturated rings. The molecule has 3 aromatic rings. The molecule has 8 nitrogen and oxygen atoms in total. The largest absolute Gasteiger partial charge is 0.459 e. The zero-order valence-electron chi connectivity index (χ0n) is 17.5. The number of nitriles is 1. The fraction of sp³-hybridized carbons (Fsp3) is 0.389. The van der Waals surface area contributed by atoms with E-state index in [-0.39, 0.29) is 25.3 Å². The summed E-state index contributed by atoms with van der Waals surface area (Å²) in [6.45, 7) is 0. The lowest BCUT2D eigenvalue weighted by atomic mass is 10.1. The van der Waals surface area contributed by atoms with Crippen LogP contribution in [0.5, 0.6) is 0 Å². The monoisotopic (exact) mass is 559 g/mol. The molecule has 0 atom stereocenters. The van der Waals surface area contributed by atoms with Crippen molar-refractivity contribution in [2.24, 2.45) is 7.05 Å². The Hall–Kier alpha value is -3.26. The summed E-state index contributed by atoms with van der Waals surface area (Å²) < 4.78 is 108. The van der Waals surface area contributed by atoms with Crippen LogP contribution in [0.1, 0.15) is 34.6 Å². The first-order chi connectivity index (χ1) is 16.5. The van der Waals surface area contributed by atoms with Gasteiger partial charge in [-0.1, -0.05) is 11.6 Å². The molecule has 1 aliphatic carbocycles. The number of hydrogen-bond acceptors (Lipinski definition) is 6. The van der Waals surface area contributed by atoms with E-state index >= 15 is 0 Å². The van der Waals surface area contributed by atoms with Gasteiger partial charge in [0.05, 0.1) is 12.3 Å². The number of carbonyl (C=O) groups is 1. The second kappa shape index (κ2) is 8.13. The number of alkyl halides is 8. The Morgan fingerprint density at radius 2 is 1.86 bits per heavy atom. The maximum absolute atomic E-state index is 13.9. The van der Waals surface area contributed by atoms with Gasteiger partial charge in [-0.25, -0.2) is 14.3 Å². The number of halogens is 9. The van der Waals surface area contributed by atoms with Crippen molar-refractivity contribution in [2.75, 3.05) is 0 Å². The van der Waals surface area contributed by atoms with Crippen molar-refractivity contribution < 1.29 is 39.9 Å². The van der Waals surface area contributed by atoms with Gasteiger partial charge in [-0.2, -0.15) is 50.6 Å². The van der Waals surface area contributed by atoms with Crippen LogP contribution in [-0.2, 0) is 19.1 Å². The average molecular weight is 560 g/mol. The van der Waals surface area contributed by atoms with E-state index in [2.05, 4.69) is 20.5 Å². The molecule has 0 radical (unpaired) electrons. The minimum atomic E-state index is -6.34. The van der Waals surface area contributed by atoms with Crippen molar-refractivity contribution in [3.05, 3.63) is 33.7 Å². The Kier molecular flexibility index (Phi) is 5.83. The number of carbonyl (C=O) groups excluding carboxylic acids is 1. The van der Waals surface area contributed by atoms with Gasteiger partial charge in [0.15, 0.2) is 17.2 Å². The maximum atomic E-state index is 13.9. The molecule has 3 heterocycles. The van der Waals surface area contributed by atoms with E-state index in [1.807, 2.05) is 6.07 Å².